The molecule has 0 bridgehead atoms. The van der Waals surface area contributed by atoms with Gasteiger partial charge >= 0.3 is 6.09 Å². The number of nitrogens with one attached hydrogen (secondary N) is 1. The first-order chi connectivity index (χ1) is 7.74. The fourth-order valence-electron chi connectivity index (χ4n) is 0.755. The molecule has 0 fully saturated rings. The van der Waals surface area contributed by atoms with Gasteiger partial charge in [0.15, 0.2) is 0 Å². The highest BCUT2D eigenvalue weighted by molar-refractivity contribution is 5.65. The molecule has 0 aliphatic rings. The van der Waals surface area contributed by atoms with Gasteiger partial charge in [0.1, 0.15) is 6.61 Å². The number of amides is 1. The first kappa shape index (κ1) is 14.4. The predicted octanol–water partition coefficient (Wildman–Crippen LogP) is 0.239. The van der Waals surface area contributed by atoms with Crippen molar-refractivity contribution >= 4 is 6.09 Å². The third-order valence-corrected chi connectivity index (χ3v) is 1.43. The molecule has 1 rings (SSSR count). The number of hydrogen-bond donors (Lipinski definition) is 4. The number of aliphatic hydroxyl groups is 1. The van der Waals surface area contributed by atoms with Crippen LogP contribution in [0.4, 0.5) is 4.79 Å². The van der Waals surface area contributed by atoms with Crippen molar-refractivity contribution in [3.8, 4) is 0 Å². The number of carbonyl (C=O) groups excluding carboxylic acids is 1. The summed E-state index contributed by atoms with van der Waals surface area (Å²) in [4.78, 5) is 10.4. The average Bonchev–Trinajstić information content (AvgIpc) is 2.37. The Bertz CT molecular complexity index is 277. The highest BCUT2D eigenvalue weighted by Gasteiger charge is 1.98. The number of aliphatic hydroxyl groups excluding tert-OH is 1. The molecule has 0 heterocycles. The summed E-state index contributed by atoms with van der Waals surface area (Å²) in [6, 6.07) is 9.20. The van der Waals surface area contributed by atoms with E-state index in [0.717, 1.165) is 5.56 Å². The van der Waals surface area contributed by atoms with Gasteiger partial charge in [-0.05, 0) is 5.56 Å². The fraction of sp³-hybridized carbons (Fsp3) is 0.300. The van der Waals surface area contributed by atoms with Gasteiger partial charge < -0.3 is 15.6 Å². The molecule has 0 saturated carbocycles. The Hall–Kier alpha value is -1.63. The standard InChI is InChI=1S/C8H9NO3.C2H7NO/c10-8(9-11)12-6-7-4-2-1-3-5-7;3-1-2-4/h1-5,11H,6H2,(H,9,10);4H,1-3H2. The summed E-state index contributed by atoms with van der Waals surface area (Å²) < 4.78 is 4.58. The van der Waals surface area contributed by atoms with Crippen LogP contribution in [-0.4, -0.2) is 29.6 Å². The SMILES string of the molecule is NCCO.O=C(NO)OCc1ccccc1. The molecule has 0 atom stereocenters. The summed E-state index contributed by atoms with van der Waals surface area (Å²) in [5, 5.41) is 15.8. The van der Waals surface area contributed by atoms with Crippen molar-refractivity contribution in [2.45, 2.75) is 6.61 Å². The highest BCUT2D eigenvalue weighted by Crippen LogP contribution is 1.99. The Balaban J connectivity index is 0.000000487. The molecule has 90 valence electrons. The third-order valence-electron chi connectivity index (χ3n) is 1.43. The van der Waals surface area contributed by atoms with E-state index in [0.29, 0.717) is 6.54 Å². The zero-order chi connectivity index (χ0) is 12.2. The lowest BCUT2D eigenvalue weighted by Crippen LogP contribution is -2.19. The lowest BCUT2D eigenvalue weighted by molar-refractivity contribution is 0.0842. The Labute approximate surface area is 93.6 Å². The van der Waals surface area contributed by atoms with E-state index in [1.54, 1.807) is 0 Å². The molecule has 6 nitrogen and oxygen atoms in total. The van der Waals surface area contributed by atoms with Crippen LogP contribution in [0.3, 0.4) is 0 Å². The van der Waals surface area contributed by atoms with Gasteiger partial charge in [-0.15, -0.1) is 0 Å². The van der Waals surface area contributed by atoms with Gasteiger partial charge in [0, 0.05) is 6.54 Å². The summed E-state index contributed by atoms with van der Waals surface area (Å²) in [6.45, 7) is 0.632. The molecule has 1 amide bonds. The van der Waals surface area contributed by atoms with Crippen molar-refractivity contribution < 1.29 is 19.8 Å². The molecule has 6 heteroatoms. The van der Waals surface area contributed by atoms with E-state index >= 15 is 0 Å². The van der Waals surface area contributed by atoms with Crippen molar-refractivity contribution in [1.82, 2.24) is 5.48 Å². The van der Waals surface area contributed by atoms with Gasteiger partial charge in [-0.3, -0.25) is 5.21 Å². The number of benzene rings is 1. The monoisotopic (exact) mass is 228 g/mol. The van der Waals surface area contributed by atoms with Crippen molar-refractivity contribution in [3.05, 3.63) is 35.9 Å². The largest absolute Gasteiger partial charge is 0.443 e. The molecule has 1 aromatic carbocycles. The van der Waals surface area contributed by atoms with Crippen molar-refractivity contribution in [1.29, 1.82) is 0 Å². The number of hydrogen-bond acceptors (Lipinski definition) is 5. The summed E-state index contributed by atoms with van der Waals surface area (Å²) in [7, 11) is 0. The average molecular weight is 228 g/mol. The third kappa shape index (κ3) is 7.74. The van der Waals surface area contributed by atoms with Crippen LogP contribution in [0.5, 0.6) is 0 Å². The minimum absolute atomic E-state index is 0.0972. The van der Waals surface area contributed by atoms with Crippen LogP contribution in [0.1, 0.15) is 5.56 Å². The molecular formula is C10H16N2O4. The second-order valence-electron chi connectivity index (χ2n) is 2.69. The number of rotatable bonds is 3. The smallest absolute Gasteiger partial charge is 0.431 e. The van der Waals surface area contributed by atoms with E-state index in [1.165, 1.54) is 5.48 Å². The van der Waals surface area contributed by atoms with Crippen molar-refractivity contribution in [3.63, 3.8) is 0 Å². The molecule has 5 N–H and O–H groups in total. The molecule has 0 saturated heterocycles. The van der Waals surface area contributed by atoms with Crippen LogP contribution in [0.2, 0.25) is 0 Å². The second-order valence-corrected chi connectivity index (χ2v) is 2.69. The van der Waals surface area contributed by atoms with Crippen molar-refractivity contribution in [2.24, 2.45) is 5.73 Å². The van der Waals surface area contributed by atoms with Gasteiger partial charge in [0.25, 0.3) is 0 Å². The number of carbonyl (C=O) groups is 1. The van der Waals surface area contributed by atoms with Gasteiger partial charge in [-0.1, -0.05) is 30.3 Å². The number of hydroxylamine groups is 1. The minimum atomic E-state index is -0.848. The van der Waals surface area contributed by atoms with E-state index in [1.807, 2.05) is 30.3 Å². The van der Waals surface area contributed by atoms with E-state index in [9.17, 15) is 4.79 Å². The molecule has 0 spiro atoms. The predicted molar refractivity (Wildman–Crippen MR) is 57.7 cm³/mol. The highest BCUT2D eigenvalue weighted by atomic mass is 16.6. The zero-order valence-corrected chi connectivity index (χ0v) is 8.80. The van der Waals surface area contributed by atoms with E-state index in [2.05, 4.69) is 4.74 Å². The van der Waals surface area contributed by atoms with Gasteiger partial charge in [-0.2, -0.15) is 0 Å². The molecule has 0 unspecified atom stereocenters. The lowest BCUT2D eigenvalue weighted by atomic mass is 10.2. The number of nitrogens with two attached hydrogens (primary N) is 1. The van der Waals surface area contributed by atoms with Crippen LogP contribution >= 0.6 is 0 Å². The maximum Gasteiger partial charge on any atom is 0.431 e. The quantitative estimate of drug-likeness (QED) is 0.438. The van der Waals surface area contributed by atoms with E-state index in [-0.39, 0.29) is 13.2 Å². The maximum atomic E-state index is 10.4. The van der Waals surface area contributed by atoms with Crippen LogP contribution in [0.25, 0.3) is 0 Å². The van der Waals surface area contributed by atoms with Crippen LogP contribution in [-0.2, 0) is 11.3 Å². The molecule has 0 aliphatic heterocycles. The Morgan fingerprint density at radius 1 is 1.38 bits per heavy atom. The van der Waals surface area contributed by atoms with E-state index < -0.39 is 6.09 Å². The second kappa shape index (κ2) is 9.91. The Kier molecular flexibility index (Phi) is 8.90. The van der Waals surface area contributed by atoms with Gasteiger partial charge in [0.2, 0.25) is 0 Å². The van der Waals surface area contributed by atoms with E-state index in [4.69, 9.17) is 16.0 Å². The first-order valence-corrected chi connectivity index (χ1v) is 4.66. The molecule has 0 aliphatic carbocycles. The topological polar surface area (TPSA) is 105 Å². The first-order valence-electron chi connectivity index (χ1n) is 4.66. The minimum Gasteiger partial charge on any atom is -0.443 e. The molecule has 0 aromatic heterocycles. The van der Waals surface area contributed by atoms with Crippen molar-refractivity contribution in [2.75, 3.05) is 13.2 Å². The summed E-state index contributed by atoms with van der Waals surface area (Å²) in [5.74, 6) is 0. The Morgan fingerprint density at radius 3 is 2.38 bits per heavy atom. The van der Waals surface area contributed by atoms with Crippen LogP contribution in [0.15, 0.2) is 30.3 Å². The Morgan fingerprint density at radius 2 is 1.94 bits per heavy atom. The van der Waals surface area contributed by atoms with Crippen LogP contribution in [0, 0.1) is 0 Å². The normalized spacial score (nSPS) is 8.69. The van der Waals surface area contributed by atoms with Gasteiger partial charge in [-0.25, -0.2) is 10.3 Å². The van der Waals surface area contributed by atoms with Crippen LogP contribution < -0.4 is 11.2 Å². The molecule has 16 heavy (non-hydrogen) atoms. The maximum absolute atomic E-state index is 10.4. The summed E-state index contributed by atoms with van der Waals surface area (Å²) in [6.07, 6.45) is -0.848. The molecule has 1 aromatic rings. The van der Waals surface area contributed by atoms with Gasteiger partial charge in [0.05, 0.1) is 6.61 Å². The molecular weight excluding hydrogens is 212 g/mol. The molecule has 0 radical (unpaired) electrons. The fourth-order valence-corrected chi connectivity index (χ4v) is 0.755. The zero-order valence-electron chi connectivity index (χ0n) is 8.80. The summed E-state index contributed by atoms with van der Waals surface area (Å²) >= 11 is 0. The number of ether oxygens (including phenoxy) is 1. The lowest BCUT2D eigenvalue weighted by Gasteiger charge is -2.01. The summed E-state index contributed by atoms with van der Waals surface area (Å²) in [5.41, 5.74) is 7.03.